The standard InChI is InChI=1S/C26H26N4O4S/c1-17(2)28-24(32)16-29-22-8-4-3-7-21(22)25(33)30(26(29)34)19-11-9-18(10-12-19)14-23(31)27-15-20-6-5-13-35-20/h3-13,17H,14-16H2,1-2H3,(H,27,31)(H,28,32). The molecule has 0 fully saturated rings. The molecule has 9 heteroatoms. The molecule has 180 valence electrons. The molecule has 0 spiro atoms. The lowest BCUT2D eigenvalue weighted by Gasteiger charge is -2.15. The summed E-state index contributed by atoms with van der Waals surface area (Å²) in [6.45, 7) is 3.94. The van der Waals surface area contributed by atoms with Crippen molar-refractivity contribution in [3.05, 3.63) is 97.3 Å². The number of carbonyl (C=O) groups excluding carboxylic acids is 2. The molecule has 4 rings (SSSR count). The van der Waals surface area contributed by atoms with Gasteiger partial charge in [-0.2, -0.15) is 0 Å². The first kappa shape index (κ1) is 24.2. The molecule has 0 aliphatic carbocycles. The van der Waals surface area contributed by atoms with E-state index in [1.165, 1.54) is 4.57 Å². The van der Waals surface area contributed by atoms with E-state index in [-0.39, 0.29) is 30.8 Å². The van der Waals surface area contributed by atoms with Crippen molar-refractivity contribution >= 4 is 34.1 Å². The fourth-order valence-corrected chi connectivity index (χ4v) is 4.47. The summed E-state index contributed by atoms with van der Waals surface area (Å²) in [5.74, 6) is -0.436. The van der Waals surface area contributed by atoms with Gasteiger partial charge in [0.25, 0.3) is 5.56 Å². The van der Waals surface area contributed by atoms with E-state index in [4.69, 9.17) is 0 Å². The summed E-state index contributed by atoms with van der Waals surface area (Å²) in [4.78, 5) is 52.4. The van der Waals surface area contributed by atoms with E-state index >= 15 is 0 Å². The summed E-state index contributed by atoms with van der Waals surface area (Å²) in [5.41, 5.74) is 0.452. The van der Waals surface area contributed by atoms with Gasteiger partial charge in [-0.05, 0) is 55.1 Å². The van der Waals surface area contributed by atoms with E-state index in [1.54, 1.807) is 59.9 Å². The molecular formula is C26H26N4O4S. The normalized spacial score (nSPS) is 11.1. The van der Waals surface area contributed by atoms with Crippen LogP contribution < -0.4 is 21.9 Å². The highest BCUT2D eigenvalue weighted by atomic mass is 32.1. The molecular weight excluding hydrogens is 464 g/mol. The third kappa shape index (κ3) is 5.58. The van der Waals surface area contributed by atoms with Gasteiger partial charge in [0.2, 0.25) is 11.8 Å². The summed E-state index contributed by atoms with van der Waals surface area (Å²) in [6.07, 6.45) is 0.178. The first-order valence-electron chi connectivity index (χ1n) is 11.3. The van der Waals surface area contributed by atoms with E-state index in [0.717, 1.165) is 15.0 Å². The maximum Gasteiger partial charge on any atom is 0.336 e. The number of hydrogen-bond donors (Lipinski definition) is 2. The number of aromatic nitrogens is 2. The summed E-state index contributed by atoms with van der Waals surface area (Å²) < 4.78 is 2.37. The van der Waals surface area contributed by atoms with Crippen molar-refractivity contribution in [3.8, 4) is 5.69 Å². The smallest absolute Gasteiger partial charge is 0.336 e. The van der Waals surface area contributed by atoms with Gasteiger partial charge in [0, 0.05) is 10.9 Å². The Morgan fingerprint density at radius 2 is 1.69 bits per heavy atom. The highest BCUT2D eigenvalue weighted by molar-refractivity contribution is 7.09. The molecule has 4 aromatic rings. The maximum absolute atomic E-state index is 13.4. The zero-order chi connectivity index (χ0) is 24.9. The molecule has 2 amide bonds. The van der Waals surface area contributed by atoms with Crippen molar-refractivity contribution in [2.24, 2.45) is 0 Å². The lowest BCUT2D eigenvalue weighted by Crippen LogP contribution is -2.42. The second kappa shape index (κ2) is 10.5. The highest BCUT2D eigenvalue weighted by Crippen LogP contribution is 2.12. The van der Waals surface area contributed by atoms with Crippen LogP contribution in [0.25, 0.3) is 16.6 Å². The third-order valence-electron chi connectivity index (χ3n) is 5.40. The molecule has 2 aromatic heterocycles. The molecule has 0 atom stereocenters. The van der Waals surface area contributed by atoms with Crippen LogP contribution in [-0.2, 0) is 29.1 Å². The van der Waals surface area contributed by atoms with E-state index in [2.05, 4.69) is 10.6 Å². The molecule has 0 radical (unpaired) electrons. The van der Waals surface area contributed by atoms with Crippen molar-refractivity contribution < 1.29 is 9.59 Å². The van der Waals surface area contributed by atoms with Gasteiger partial charge in [0.15, 0.2) is 0 Å². The van der Waals surface area contributed by atoms with Gasteiger partial charge >= 0.3 is 5.69 Å². The van der Waals surface area contributed by atoms with E-state index < -0.39 is 11.2 Å². The average molecular weight is 491 g/mol. The number of benzene rings is 2. The first-order chi connectivity index (χ1) is 16.8. The van der Waals surface area contributed by atoms with Gasteiger partial charge in [0.1, 0.15) is 6.54 Å². The number of para-hydroxylation sites is 1. The van der Waals surface area contributed by atoms with Gasteiger partial charge in [-0.25, -0.2) is 9.36 Å². The van der Waals surface area contributed by atoms with Crippen molar-refractivity contribution in [1.29, 1.82) is 0 Å². The summed E-state index contributed by atoms with van der Waals surface area (Å²) >= 11 is 1.58. The Morgan fingerprint density at radius 3 is 2.37 bits per heavy atom. The van der Waals surface area contributed by atoms with Crippen LogP contribution in [0.2, 0.25) is 0 Å². The van der Waals surface area contributed by atoms with Gasteiger partial charge in [0.05, 0.1) is 29.6 Å². The Kier molecular flexibility index (Phi) is 7.26. The molecule has 0 aliphatic heterocycles. The highest BCUT2D eigenvalue weighted by Gasteiger charge is 2.17. The number of nitrogens with one attached hydrogen (secondary N) is 2. The number of amides is 2. The van der Waals surface area contributed by atoms with Crippen molar-refractivity contribution in [2.75, 3.05) is 0 Å². The van der Waals surface area contributed by atoms with Crippen molar-refractivity contribution in [3.63, 3.8) is 0 Å². The van der Waals surface area contributed by atoms with Gasteiger partial charge < -0.3 is 10.6 Å². The third-order valence-corrected chi connectivity index (χ3v) is 6.28. The van der Waals surface area contributed by atoms with Crippen LogP contribution in [0, 0.1) is 0 Å². The predicted octanol–water partition coefficient (Wildman–Crippen LogP) is 2.60. The number of hydrogen-bond acceptors (Lipinski definition) is 5. The average Bonchev–Trinajstić information content (AvgIpc) is 3.35. The topological polar surface area (TPSA) is 102 Å². The molecule has 0 unspecified atom stereocenters. The monoisotopic (exact) mass is 490 g/mol. The molecule has 2 N–H and O–H groups in total. The zero-order valence-corrected chi connectivity index (χ0v) is 20.3. The van der Waals surface area contributed by atoms with Crippen molar-refractivity contribution in [1.82, 2.24) is 19.8 Å². The van der Waals surface area contributed by atoms with Crippen LogP contribution in [0.5, 0.6) is 0 Å². The molecule has 0 saturated heterocycles. The van der Waals surface area contributed by atoms with Crippen LogP contribution in [0.1, 0.15) is 24.3 Å². The Balaban J connectivity index is 1.62. The first-order valence-corrected chi connectivity index (χ1v) is 12.1. The summed E-state index contributed by atoms with van der Waals surface area (Å²) in [5, 5.41) is 7.95. The summed E-state index contributed by atoms with van der Waals surface area (Å²) in [6, 6.07) is 17.3. The molecule has 35 heavy (non-hydrogen) atoms. The molecule has 0 saturated carbocycles. The largest absolute Gasteiger partial charge is 0.352 e. The lowest BCUT2D eigenvalue weighted by molar-refractivity contribution is -0.122. The number of thiophene rings is 1. The zero-order valence-electron chi connectivity index (χ0n) is 19.5. The van der Waals surface area contributed by atoms with Crippen LogP contribution >= 0.6 is 11.3 Å². The van der Waals surface area contributed by atoms with Crippen LogP contribution in [0.15, 0.2) is 75.6 Å². The molecule has 8 nitrogen and oxygen atoms in total. The van der Waals surface area contributed by atoms with Crippen molar-refractivity contribution in [2.45, 2.75) is 39.4 Å². The second-order valence-corrected chi connectivity index (χ2v) is 9.48. The molecule has 2 aromatic carbocycles. The Labute approximate surface area is 205 Å². The van der Waals surface area contributed by atoms with Gasteiger partial charge in [-0.3, -0.25) is 19.0 Å². The Bertz CT molecular complexity index is 1470. The molecule has 0 aliphatic rings. The minimum Gasteiger partial charge on any atom is -0.352 e. The predicted molar refractivity (Wildman–Crippen MR) is 137 cm³/mol. The fourth-order valence-electron chi connectivity index (χ4n) is 3.82. The van der Waals surface area contributed by atoms with Gasteiger partial charge in [-0.1, -0.05) is 30.3 Å². The van der Waals surface area contributed by atoms with E-state index in [9.17, 15) is 19.2 Å². The number of fused-ring (bicyclic) bond motifs is 1. The SMILES string of the molecule is CC(C)NC(=O)Cn1c(=O)n(-c2ccc(CC(=O)NCc3cccs3)cc2)c(=O)c2ccccc21. The minimum atomic E-state index is -0.603. The van der Waals surface area contributed by atoms with E-state index in [1.807, 2.05) is 31.4 Å². The number of carbonyl (C=O) groups is 2. The molecule has 0 bridgehead atoms. The Hall–Kier alpha value is -3.98. The Morgan fingerprint density at radius 1 is 0.943 bits per heavy atom. The summed E-state index contributed by atoms with van der Waals surface area (Å²) in [7, 11) is 0. The van der Waals surface area contributed by atoms with Crippen LogP contribution in [0.3, 0.4) is 0 Å². The lowest BCUT2D eigenvalue weighted by atomic mass is 10.1. The number of nitrogens with zero attached hydrogens (tertiary/aromatic N) is 2. The van der Waals surface area contributed by atoms with Gasteiger partial charge in [-0.15, -0.1) is 11.3 Å². The number of rotatable bonds is 8. The quantitative estimate of drug-likeness (QED) is 0.396. The fraction of sp³-hybridized carbons (Fsp3) is 0.231. The molecule has 2 heterocycles. The second-order valence-electron chi connectivity index (χ2n) is 8.45. The minimum absolute atomic E-state index is 0.0783. The maximum atomic E-state index is 13.4. The van der Waals surface area contributed by atoms with E-state index in [0.29, 0.717) is 23.1 Å². The van der Waals surface area contributed by atoms with Crippen LogP contribution in [-0.4, -0.2) is 27.0 Å². The van der Waals surface area contributed by atoms with Crippen LogP contribution in [0.4, 0.5) is 0 Å².